The maximum absolute atomic E-state index is 13.5. The molecule has 3 aromatic rings. The van der Waals surface area contributed by atoms with Crippen LogP contribution in [0.4, 0.5) is 4.39 Å². The summed E-state index contributed by atoms with van der Waals surface area (Å²) in [4.78, 5) is 15.1. The maximum atomic E-state index is 13.5. The smallest absolute Gasteiger partial charge is 0.251 e. The third kappa shape index (κ3) is 6.32. The first-order valence-corrected chi connectivity index (χ1v) is 12.6. The van der Waals surface area contributed by atoms with Crippen molar-refractivity contribution < 1.29 is 9.18 Å². The van der Waals surface area contributed by atoms with E-state index in [9.17, 15) is 9.18 Å². The SMILES string of the molecule is CCCN(CCCCNC(=O)c1ccc(-c2ccccc2)cc1)[C@@H]1CCc2cc(F)ccc2C1. The minimum atomic E-state index is -0.128. The van der Waals surface area contributed by atoms with E-state index in [1.807, 2.05) is 48.5 Å². The summed E-state index contributed by atoms with van der Waals surface area (Å²) in [6.45, 7) is 5.03. The van der Waals surface area contributed by atoms with E-state index in [0.29, 0.717) is 18.2 Å². The summed E-state index contributed by atoms with van der Waals surface area (Å²) >= 11 is 0. The van der Waals surface area contributed by atoms with E-state index in [1.54, 1.807) is 12.1 Å². The van der Waals surface area contributed by atoms with Crippen molar-refractivity contribution in [2.45, 2.75) is 51.5 Å². The highest BCUT2D eigenvalue weighted by molar-refractivity contribution is 5.94. The molecule has 0 saturated carbocycles. The number of hydrogen-bond donors (Lipinski definition) is 1. The third-order valence-corrected chi connectivity index (χ3v) is 6.81. The summed E-state index contributed by atoms with van der Waals surface area (Å²) in [5.74, 6) is -0.141. The van der Waals surface area contributed by atoms with Gasteiger partial charge in [0, 0.05) is 18.2 Å². The third-order valence-electron chi connectivity index (χ3n) is 6.81. The number of benzene rings is 3. The van der Waals surface area contributed by atoms with E-state index in [4.69, 9.17) is 0 Å². The van der Waals surface area contributed by atoms with Crippen molar-refractivity contribution in [3.8, 4) is 11.1 Å². The topological polar surface area (TPSA) is 32.3 Å². The standard InChI is InChI=1S/C30H35FN2O/c1-2-19-33(29-17-15-26-21-28(31)16-14-27(26)22-29)20-7-6-18-32-30(34)25-12-10-24(11-13-25)23-8-4-3-5-9-23/h3-5,8-14,16,21,29H,2,6-7,15,17-20,22H2,1H3,(H,32,34)/t29-/m1/s1. The quantitative estimate of drug-likeness (QED) is 0.363. The van der Waals surface area contributed by atoms with Crippen LogP contribution in [0.5, 0.6) is 0 Å². The first-order chi connectivity index (χ1) is 16.6. The first-order valence-electron chi connectivity index (χ1n) is 12.6. The fourth-order valence-electron chi connectivity index (χ4n) is 4.97. The average Bonchev–Trinajstić information content (AvgIpc) is 2.88. The molecule has 0 saturated heterocycles. The van der Waals surface area contributed by atoms with Gasteiger partial charge in [0.25, 0.3) is 5.91 Å². The molecule has 4 heteroatoms. The van der Waals surface area contributed by atoms with Crippen molar-refractivity contribution in [1.82, 2.24) is 10.2 Å². The van der Waals surface area contributed by atoms with Crippen LogP contribution in [0.15, 0.2) is 72.8 Å². The van der Waals surface area contributed by atoms with E-state index in [1.165, 1.54) is 11.1 Å². The predicted molar refractivity (Wildman–Crippen MR) is 138 cm³/mol. The highest BCUT2D eigenvalue weighted by Crippen LogP contribution is 2.26. The molecule has 4 rings (SSSR count). The first kappa shape index (κ1) is 24.2. The molecule has 0 heterocycles. The second-order valence-electron chi connectivity index (χ2n) is 9.25. The van der Waals surface area contributed by atoms with Crippen LogP contribution in [0, 0.1) is 5.82 Å². The van der Waals surface area contributed by atoms with Crippen molar-refractivity contribution in [3.05, 3.63) is 95.3 Å². The number of aryl methyl sites for hydroxylation is 1. The molecule has 0 radical (unpaired) electrons. The molecule has 3 nitrogen and oxygen atoms in total. The van der Waals surface area contributed by atoms with Gasteiger partial charge in [-0.2, -0.15) is 0 Å². The number of carbonyl (C=O) groups is 1. The molecule has 3 aromatic carbocycles. The van der Waals surface area contributed by atoms with E-state index in [2.05, 4.69) is 29.3 Å². The lowest BCUT2D eigenvalue weighted by molar-refractivity contribution is 0.0952. The summed E-state index contributed by atoms with van der Waals surface area (Å²) in [6.07, 6.45) is 6.19. The van der Waals surface area contributed by atoms with E-state index in [-0.39, 0.29) is 11.7 Å². The number of carbonyl (C=O) groups excluding carboxylic acids is 1. The number of unbranched alkanes of at least 4 members (excludes halogenated alkanes) is 1. The van der Waals surface area contributed by atoms with E-state index >= 15 is 0 Å². The van der Waals surface area contributed by atoms with E-state index in [0.717, 1.165) is 62.7 Å². The van der Waals surface area contributed by atoms with Gasteiger partial charge in [0.1, 0.15) is 5.82 Å². The Balaban J connectivity index is 1.21. The van der Waals surface area contributed by atoms with Gasteiger partial charge in [0.15, 0.2) is 0 Å². The summed E-state index contributed by atoms with van der Waals surface area (Å²) in [7, 11) is 0. The Hall–Kier alpha value is -2.98. The van der Waals surface area contributed by atoms with Gasteiger partial charge >= 0.3 is 0 Å². The van der Waals surface area contributed by atoms with Crippen molar-refractivity contribution in [1.29, 1.82) is 0 Å². The zero-order valence-corrected chi connectivity index (χ0v) is 20.1. The number of amides is 1. The number of rotatable bonds is 10. The maximum Gasteiger partial charge on any atom is 0.251 e. The van der Waals surface area contributed by atoms with Crippen LogP contribution in [0.2, 0.25) is 0 Å². The van der Waals surface area contributed by atoms with Crippen LogP contribution in [0.25, 0.3) is 11.1 Å². The molecular formula is C30H35FN2O. The molecule has 34 heavy (non-hydrogen) atoms. The number of hydrogen-bond acceptors (Lipinski definition) is 2. The van der Waals surface area contributed by atoms with Gasteiger partial charge < -0.3 is 10.2 Å². The van der Waals surface area contributed by atoms with Gasteiger partial charge in [0.2, 0.25) is 0 Å². The summed E-state index contributed by atoms with van der Waals surface area (Å²) in [5, 5.41) is 3.07. The Morgan fingerprint density at radius 3 is 2.47 bits per heavy atom. The number of nitrogens with one attached hydrogen (secondary N) is 1. The molecule has 0 spiro atoms. The molecule has 0 fully saturated rings. The monoisotopic (exact) mass is 458 g/mol. The summed E-state index contributed by atoms with van der Waals surface area (Å²) in [6, 6.07) is 23.8. The van der Waals surface area contributed by atoms with Gasteiger partial charge in [-0.15, -0.1) is 0 Å². The lowest BCUT2D eigenvalue weighted by Gasteiger charge is -2.35. The largest absolute Gasteiger partial charge is 0.352 e. The molecule has 1 amide bonds. The Labute approximate surface area is 203 Å². The number of halogens is 1. The van der Waals surface area contributed by atoms with Crippen molar-refractivity contribution in [3.63, 3.8) is 0 Å². The van der Waals surface area contributed by atoms with Gasteiger partial charge in [-0.05, 0) is 98.1 Å². The minimum absolute atomic E-state index is 0.0128. The fraction of sp³-hybridized carbons (Fsp3) is 0.367. The summed E-state index contributed by atoms with van der Waals surface area (Å²) in [5.41, 5.74) is 5.43. The fourth-order valence-corrected chi connectivity index (χ4v) is 4.97. The molecule has 0 aliphatic heterocycles. The highest BCUT2D eigenvalue weighted by atomic mass is 19.1. The van der Waals surface area contributed by atoms with Crippen molar-refractivity contribution >= 4 is 5.91 Å². The van der Waals surface area contributed by atoms with Crippen LogP contribution in [-0.2, 0) is 12.8 Å². The van der Waals surface area contributed by atoms with Crippen LogP contribution >= 0.6 is 0 Å². The lowest BCUT2D eigenvalue weighted by Crippen LogP contribution is -2.40. The second-order valence-corrected chi connectivity index (χ2v) is 9.25. The number of nitrogens with zero attached hydrogens (tertiary/aromatic N) is 1. The second kappa shape index (κ2) is 11.9. The minimum Gasteiger partial charge on any atom is -0.352 e. The summed E-state index contributed by atoms with van der Waals surface area (Å²) < 4.78 is 13.5. The zero-order chi connectivity index (χ0) is 23.8. The Morgan fingerprint density at radius 1 is 0.941 bits per heavy atom. The molecule has 1 atom stereocenters. The van der Waals surface area contributed by atoms with Crippen molar-refractivity contribution in [2.75, 3.05) is 19.6 Å². The Bertz CT molecular complexity index is 1060. The average molecular weight is 459 g/mol. The van der Waals surface area contributed by atoms with Gasteiger partial charge in [-0.3, -0.25) is 4.79 Å². The lowest BCUT2D eigenvalue weighted by atomic mass is 9.87. The van der Waals surface area contributed by atoms with E-state index < -0.39 is 0 Å². The normalized spacial score (nSPS) is 15.2. The van der Waals surface area contributed by atoms with Gasteiger partial charge in [0.05, 0.1) is 0 Å². The van der Waals surface area contributed by atoms with Crippen LogP contribution in [0.3, 0.4) is 0 Å². The number of fused-ring (bicyclic) bond motifs is 1. The van der Waals surface area contributed by atoms with Crippen molar-refractivity contribution in [2.24, 2.45) is 0 Å². The Morgan fingerprint density at radius 2 is 1.71 bits per heavy atom. The van der Waals surface area contributed by atoms with Crippen LogP contribution in [-0.4, -0.2) is 36.5 Å². The Kier molecular flexibility index (Phi) is 8.48. The molecule has 178 valence electrons. The molecular weight excluding hydrogens is 423 g/mol. The predicted octanol–water partition coefficient (Wildman–Crippen LogP) is 6.27. The molecule has 0 aromatic heterocycles. The molecule has 0 unspecified atom stereocenters. The molecule has 1 N–H and O–H groups in total. The van der Waals surface area contributed by atoms with Gasteiger partial charge in [-0.1, -0.05) is 55.5 Å². The molecule has 1 aliphatic carbocycles. The molecule has 1 aliphatic rings. The van der Waals surface area contributed by atoms with Crippen LogP contribution in [0.1, 0.15) is 54.1 Å². The molecule has 0 bridgehead atoms. The van der Waals surface area contributed by atoms with Crippen LogP contribution < -0.4 is 5.32 Å². The highest BCUT2D eigenvalue weighted by Gasteiger charge is 2.23. The zero-order valence-electron chi connectivity index (χ0n) is 20.1. The van der Waals surface area contributed by atoms with Gasteiger partial charge in [-0.25, -0.2) is 4.39 Å².